The molecule has 1 atom stereocenters. The van der Waals surface area contributed by atoms with Crippen LogP contribution in [0.25, 0.3) is 0 Å². The molecule has 84 valence electrons. The van der Waals surface area contributed by atoms with Crippen LogP contribution in [0.1, 0.15) is 26.4 Å². The highest BCUT2D eigenvalue weighted by Gasteiger charge is 2.11. The SMILES string of the molecule is Cc1ccc(CC(Cl)c2cnc(C)s2)cc1. The van der Waals surface area contributed by atoms with Crippen molar-refractivity contribution in [1.29, 1.82) is 0 Å². The van der Waals surface area contributed by atoms with Crippen molar-refractivity contribution in [1.82, 2.24) is 4.98 Å². The molecule has 0 radical (unpaired) electrons. The standard InChI is InChI=1S/C13H14ClNS/c1-9-3-5-11(6-4-9)7-12(14)13-8-15-10(2)16-13/h3-6,8,12H,7H2,1-2H3. The van der Waals surface area contributed by atoms with Crippen LogP contribution in [0.5, 0.6) is 0 Å². The van der Waals surface area contributed by atoms with E-state index in [1.165, 1.54) is 11.1 Å². The summed E-state index contributed by atoms with van der Waals surface area (Å²) in [6, 6.07) is 8.52. The molecular weight excluding hydrogens is 238 g/mol. The fourth-order valence-electron chi connectivity index (χ4n) is 1.55. The van der Waals surface area contributed by atoms with Crippen LogP contribution in [-0.2, 0) is 6.42 Å². The molecule has 0 bridgehead atoms. The molecule has 1 nitrogen and oxygen atoms in total. The average molecular weight is 252 g/mol. The first-order valence-corrected chi connectivity index (χ1v) is 6.52. The zero-order chi connectivity index (χ0) is 11.5. The van der Waals surface area contributed by atoms with Crippen molar-refractivity contribution in [3.05, 3.63) is 51.5 Å². The van der Waals surface area contributed by atoms with Gasteiger partial charge in [-0.15, -0.1) is 22.9 Å². The van der Waals surface area contributed by atoms with E-state index in [-0.39, 0.29) is 5.38 Å². The summed E-state index contributed by atoms with van der Waals surface area (Å²) in [5.74, 6) is 0. The van der Waals surface area contributed by atoms with Crippen molar-refractivity contribution >= 4 is 22.9 Å². The van der Waals surface area contributed by atoms with Gasteiger partial charge in [-0.2, -0.15) is 0 Å². The fraction of sp³-hybridized carbons (Fsp3) is 0.308. The first-order valence-electron chi connectivity index (χ1n) is 5.27. The quantitative estimate of drug-likeness (QED) is 0.742. The van der Waals surface area contributed by atoms with Crippen LogP contribution in [0.15, 0.2) is 30.5 Å². The molecule has 0 aliphatic heterocycles. The van der Waals surface area contributed by atoms with Gasteiger partial charge in [-0.3, -0.25) is 0 Å². The number of hydrogen-bond acceptors (Lipinski definition) is 2. The Morgan fingerprint density at radius 1 is 1.25 bits per heavy atom. The minimum absolute atomic E-state index is 0.0360. The summed E-state index contributed by atoms with van der Waals surface area (Å²) in [4.78, 5) is 5.38. The van der Waals surface area contributed by atoms with Gasteiger partial charge in [-0.05, 0) is 25.8 Å². The van der Waals surface area contributed by atoms with Crippen LogP contribution in [-0.4, -0.2) is 4.98 Å². The lowest BCUT2D eigenvalue weighted by Gasteiger charge is -2.06. The summed E-state index contributed by atoms with van der Waals surface area (Å²) >= 11 is 8.04. The molecule has 1 aromatic heterocycles. The predicted octanol–water partition coefficient (Wildman–Crippen LogP) is 4.28. The molecule has 0 saturated carbocycles. The van der Waals surface area contributed by atoms with Gasteiger partial charge in [0.15, 0.2) is 0 Å². The monoisotopic (exact) mass is 251 g/mol. The number of benzene rings is 1. The second-order valence-corrected chi connectivity index (χ2v) is 5.73. The molecule has 0 fully saturated rings. The largest absolute Gasteiger partial charge is 0.250 e. The van der Waals surface area contributed by atoms with E-state index in [0.29, 0.717) is 0 Å². The van der Waals surface area contributed by atoms with Crippen molar-refractivity contribution < 1.29 is 0 Å². The Labute approximate surface area is 105 Å². The third kappa shape index (κ3) is 2.83. The van der Waals surface area contributed by atoms with Gasteiger partial charge < -0.3 is 0 Å². The van der Waals surface area contributed by atoms with Crippen LogP contribution >= 0.6 is 22.9 Å². The molecule has 0 aliphatic rings. The molecule has 1 heterocycles. The highest BCUT2D eigenvalue weighted by molar-refractivity contribution is 7.11. The second kappa shape index (κ2) is 4.98. The fourth-order valence-corrected chi connectivity index (χ4v) is 2.69. The van der Waals surface area contributed by atoms with Gasteiger partial charge in [0.05, 0.1) is 10.4 Å². The third-order valence-corrected chi connectivity index (χ3v) is 4.03. The summed E-state index contributed by atoms with van der Waals surface area (Å²) in [6.07, 6.45) is 2.75. The Bertz CT molecular complexity index is 461. The van der Waals surface area contributed by atoms with Crippen molar-refractivity contribution in [2.75, 3.05) is 0 Å². The zero-order valence-corrected chi connectivity index (χ0v) is 11.0. The Hall–Kier alpha value is -0.860. The van der Waals surface area contributed by atoms with Gasteiger partial charge in [0.1, 0.15) is 0 Å². The number of thiazole rings is 1. The topological polar surface area (TPSA) is 12.9 Å². The predicted molar refractivity (Wildman–Crippen MR) is 70.3 cm³/mol. The number of hydrogen-bond donors (Lipinski definition) is 0. The van der Waals surface area contributed by atoms with Crippen LogP contribution in [0, 0.1) is 13.8 Å². The lowest BCUT2D eigenvalue weighted by molar-refractivity contribution is 0.935. The molecule has 0 aliphatic carbocycles. The number of aromatic nitrogens is 1. The summed E-state index contributed by atoms with van der Waals surface area (Å²) in [5, 5.41) is 1.11. The molecule has 3 heteroatoms. The van der Waals surface area contributed by atoms with Gasteiger partial charge in [0.2, 0.25) is 0 Å². The van der Waals surface area contributed by atoms with Crippen LogP contribution < -0.4 is 0 Å². The van der Waals surface area contributed by atoms with E-state index >= 15 is 0 Å². The normalized spacial score (nSPS) is 12.7. The summed E-state index contributed by atoms with van der Waals surface area (Å²) in [6.45, 7) is 4.10. The first kappa shape index (κ1) is 11.6. The van der Waals surface area contributed by atoms with Gasteiger partial charge in [-0.1, -0.05) is 29.8 Å². The molecule has 16 heavy (non-hydrogen) atoms. The maximum Gasteiger partial charge on any atom is 0.0897 e. The summed E-state index contributed by atoms with van der Waals surface area (Å²) in [7, 11) is 0. The highest BCUT2D eigenvalue weighted by Crippen LogP contribution is 2.29. The maximum atomic E-state index is 6.36. The van der Waals surface area contributed by atoms with E-state index in [0.717, 1.165) is 16.3 Å². The zero-order valence-electron chi connectivity index (χ0n) is 9.40. The highest BCUT2D eigenvalue weighted by atomic mass is 35.5. The second-order valence-electron chi connectivity index (χ2n) is 3.94. The minimum atomic E-state index is 0.0360. The van der Waals surface area contributed by atoms with Crippen molar-refractivity contribution in [3.8, 4) is 0 Å². The summed E-state index contributed by atoms with van der Waals surface area (Å²) in [5.41, 5.74) is 2.56. The number of rotatable bonds is 3. The van der Waals surface area contributed by atoms with Gasteiger partial charge in [0, 0.05) is 11.1 Å². The van der Waals surface area contributed by atoms with E-state index in [9.17, 15) is 0 Å². The van der Waals surface area contributed by atoms with E-state index < -0.39 is 0 Å². The maximum absolute atomic E-state index is 6.36. The van der Waals surface area contributed by atoms with Gasteiger partial charge >= 0.3 is 0 Å². The number of aryl methyl sites for hydroxylation is 2. The average Bonchev–Trinajstić information content (AvgIpc) is 2.68. The number of nitrogens with zero attached hydrogens (tertiary/aromatic N) is 1. The van der Waals surface area contributed by atoms with Crippen LogP contribution in [0.2, 0.25) is 0 Å². The smallest absolute Gasteiger partial charge is 0.0897 e. The Balaban J connectivity index is 2.07. The first-order chi connectivity index (χ1) is 7.65. The molecule has 2 aromatic rings. The molecular formula is C13H14ClNS. The molecule has 2 rings (SSSR count). The van der Waals surface area contributed by atoms with Crippen molar-refractivity contribution in [2.24, 2.45) is 0 Å². The Kier molecular flexibility index (Phi) is 3.62. The van der Waals surface area contributed by atoms with Crippen LogP contribution in [0.3, 0.4) is 0 Å². The molecule has 0 amide bonds. The van der Waals surface area contributed by atoms with E-state index in [4.69, 9.17) is 11.6 Å². The van der Waals surface area contributed by atoms with Gasteiger partial charge in [-0.25, -0.2) is 4.98 Å². The number of halogens is 1. The van der Waals surface area contributed by atoms with E-state index in [1.807, 2.05) is 13.1 Å². The molecule has 0 spiro atoms. The van der Waals surface area contributed by atoms with Gasteiger partial charge in [0.25, 0.3) is 0 Å². The molecule has 1 unspecified atom stereocenters. The molecule has 0 N–H and O–H groups in total. The summed E-state index contributed by atoms with van der Waals surface area (Å²) < 4.78 is 0. The lowest BCUT2D eigenvalue weighted by Crippen LogP contribution is -1.93. The van der Waals surface area contributed by atoms with E-state index in [2.05, 4.69) is 36.2 Å². The molecule has 1 aromatic carbocycles. The minimum Gasteiger partial charge on any atom is -0.250 e. The Morgan fingerprint density at radius 2 is 1.94 bits per heavy atom. The van der Waals surface area contributed by atoms with Crippen molar-refractivity contribution in [3.63, 3.8) is 0 Å². The van der Waals surface area contributed by atoms with Crippen molar-refractivity contribution in [2.45, 2.75) is 25.6 Å². The molecule has 0 saturated heterocycles. The van der Waals surface area contributed by atoms with E-state index in [1.54, 1.807) is 11.3 Å². The third-order valence-electron chi connectivity index (χ3n) is 2.48. The van der Waals surface area contributed by atoms with Crippen LogP contribution in [0.4, 0.5) is 0 Å². The number of alkyl halides is 1. The Morgan fingerprint density at radius 3 is 2.50 bits per heavy atom. The lowest BCUT2D eigenvalue weighted by atomic mass is 10.1.